The smallest absolute Gasteiger partial charge is 0.216 e. The average Bonchev–Trinajstić information content (AvgIpc) is 3.38. The Morgan fingerprint density at radius 2 is 2.18 bits per heavy atom. The lowest BCUT2D eigenvalue weighted by atomic mass is 9.96. The number of H-pyrrole nitrogens is 1. The minimum atomic E-state index is -1.10. The Hall–Kier alpha value is -3.07. The Labute approximate surface area is 163 Å². The van der Waals surface area contributed by atoms with Crippen LogP contribution in [0.3, 0.4) is 0 Å². The number of nitrogens with one attached hydrogen (secondary N) is 3. The highest BCUT2D eigenvalue weighted by molar-refractivity contribution is 5.79. The Morgan fingerprint density at radius 1 is 1.36 bits per heavy atom. The van der Waals surface area contributed by atoms with Crippen LogP contribution in [-0.2, 0) is 12.1 Å². The second-order valence-corrected chi connectivity index (χ2v) is 6.73. The second kappa shape index (κ2) is 8.30. The van der Waals surface area contributed by atoms with Gasteiger partial charge in [0, 0.05) is 12.1 Å². The van der Waals surface area contributed by atoms with Gasteiger partial charge in [0.25, 0.3) is 0 Å². The summed E-state index contributed by atoms with van der Waals surface area (Å²) in [6.07, 6.45) is 1.58. The van der Waals surface area contributed by atoms with E-state index in [2.05, 4.69) is 30.8 Å². The van der Waals surface area contributed by atoms with Crippen molar-refractivity contribution in [1.29, 1.82) is 0 Å². The van der Waals surface area contributed by atoms with Gasteiger partial charge < -0.3 is 24.6 Å². The number of nitrogens with zero attached hydrogens (tertiary/aromatic N) is 3. The summed E-state index contributed by atoms with van der Waals surface area (Å²) in [6.45, 7) is 8.68. The fourth-order valence-electron chi connectivity index (χ4n) is 2.89. The summed E-state index contributed by atoms with van der Waals surface area (Å²) in [4.78, 5) is 8.87. The first-order valence-corrected chi connectivity index (χ1v) is 9.16. The van der Waals surface area contributed by atoms with Crippen LogP contribution in [0, 0.1) is 13.8 Å². The quantitative estimate of drug-likeness (QED) is 0.362. The zero-order valence-electron chi connectivity index (χ0n) is 16.5. The van der Waals surface area contributed by atoms with Crippen LogP contribution < -0.4 is 10.6 Å². The van der Waals surface area contributed by atoms with Crippen LogP contribution in [0.4, 0.5) is 0 Å². The standard InChI is InChI=1S/C19H26N6O3/c1-5-20-18(22-11-19(4,26)14-9-12(2)28-13(14)3)21-10-16-23-17(25-24-16)15-7-6-8-27-15/h6-9,26H,5,10-11H2,1-4H3,(H2,20,21,22)(H,23,24,25). The average molecular weight is 386 g/mol. The summed E-state index contributed by atoms with van der Waals surface area (Å²) in [6, 6.07) is 5.43. The molecule has 4 N–H and O–H groups in total. The molecule has 3 aromatic rings. The number of hydrogen-bond donors (Lipinski definition) is 4. The molecule has 0 spiro atoms. The number of furan rings is 2. The summed E-state index contributed by atoms with van der Waals surface area (Å²) in [7, 11) is 0. The minimum absolute atomic E-state index is 0.271. The molecule has 1 unspecified atom stereocenters. The normalized spacial score (nSPS) is 14.1. The van der Waals surface area contributed by atoms with Gasteiger partial charge in [-0.25, -0.2) is 9.98 Å². The molecule has 9 nitrogen and oxygen atoms in total. The van der Waals surface area contributed by atoms with Gasteiger partial charge in [-0.15, -0.1) is 5.10 Å². The number of aliphatic imine (C=N–C) groups is 1. The van der Waals surface area contributed by atoms with E-state index in [9.17, 15) is 5.11 Å². The second-order valence-electron chi connectivity index (χ2n) is 6.73. The fraction of sp³-hybridized carbons (Fsp3) is 0.421. The highest BCUT2D eigenvalue weighted by Gasteiger charge is 2.27. The third-order valence-electron chi connectivity index (χ3n) is 4.23. The maximum absolute atomic E-state index is 10.8. The molecule has 1 atom stereocenters. The summed E-state index contributed by atoms with van der Waals surface area (Å²) < 4.78 is 10.8. The van der Waals surface area contributed by atoms with Gasteiger partial charge in [-0.05, 0) is 45.9 Å². The van der Waals surface area contributed by atoms with Crippen LogP contribution in [0.5, 0.6) is 0 Å². The van der Waals surface area contributed by atoms with E-state index in [1.54, 1.807) is 25.3 Å². The van der Waals surface area contributed by atoms with E-state index in [4.69, 9.17) is 8.83 Å². The van der Waals surface area contributed by atoms with Crippen molar-refractivity contribution in [2.75, 3.05) is 13.1 Å². The molecule has 3 heterocycles. The highest BCUT2D eigenvalue weighted by atomic mass is 16.3. The van der Waals surface area contributed by atoms with E-state index in [0.29, 0.717) is 42.2 Å². The molecule has 0 radical (unpaired) electrons. The lowest BCUT2D eigenvalue weighted by Gasteiger charge is -2.24. The maximum Gasteiger partial charge on any atom is 0.216 e. The first kappa shape index (κ1) is 19.7. The Morgan fingerprint density at radius 3 is 2.82 bits per heavy atom. The molecule has 0 aliphatic carbocycles. The van der Waals surface area contributed by atoms with Crippen molar-refractivity contribution < 1.29 is 13.9 Å². The van der Waals surface area contributed by atoms with Crippen molar-refractivity contribution in [3.8, 4) is 11.6 Å². The molecule has 0 aliphatic rings. The number of rotatable bonds is 7. The van der Waals surface area contributed by atoms with Crippen molar-refractivity contribution in [3.63, 3.8) is 0 Å². The molecule has 28 heavy (non-hydrogen) atoms. The molecule has 3 rings (SSSR count). The Balaban J connectivity index is 1.65. The summed E-state index contributed by atoms with van der Waals surface area (Å²) in [5.74, 6) is 3.73. The molecular weight excluding hydrogens is 360 g/mol. The predicted octanol–water partition coefficient (Wildman–Crippen LogP) is 2.24. The number of aromatic amines is 1. The van der Waals surface area contributed by atoms with Gasteiger partial charge >= 0.3 is 0 Å². The van der Waals surface area contributed by atoms with Crippen LogP contribution in [0.2, 0.25) is 0 Å². The molecule has 0 bridgehead atoms. The van der Waals surface area contributed by atoms with E-state index in [1.165, 1.54) is 0 Å². The van der Waals surface area contributed by atoms with Gasteiger partial charge in [-0.3, -0.25) is 5.10 Å². The number of aliphatic hydroxyl groups is 1. The van der Waals surface area contributed by atoms with Gasteiger partial charge in [0.05, 0.1) is 12.8 Å². The molecular formula is C19H26N6O3. The summed E-state index contributed by atoms with van der Waals surface area (Å²) >= 11 is 0. The van der Waals surface area contributed by atoms with Crippen LogP contribution in [0.25, 0.3) is 11.6 Å². The third-order valence-corrected chi connectivity index (χ3v) is 4.23. The van der Waals surface area contributed by atoms with Crippen molar-refractivity contribution in [3.05, 3.63) is 47.4 Å². The predicted molar refractivity (Wildman–Crippen MR) is 105 cm³/mol. The van der Waals surface area contributed by atoms with Crippen LogP contribution in [0.15, 0.2) is 38.3 Å². The first-order chi connectivity index (χ1) is 13.4. The van der Waals surface area contributed by atoms with Crippen molar-refractivity contribution in [2.45, 2.75) is 39.8 Å². The van der Waals surface area contributed by atoms with E-state index < -0.39 is 5.60 Å². The first-order valence-electron chi connectivity index (χ1n) is 9.16. The topological polar surface area (TPSA) is 124 Å². The molecule has 0 aliphatic heterocycles. The van der Waals surface area contributed by atoms with Gasteiger partial charge in [-0.2, -0.15) is 0 Å². The maximum atomic E-state index is 10.8. The molecule has 0 saturated carbocycles. The Kier molecular flexibility index (Phi) is 5.84. The fourth-order valence-corrected chi connectivity index (χ4v) is 2.89. The number of aromatic nitrogens is 3. The molecule has 150 valence electrons. The molecule has 0 saturated heterocycles. The van der Waals surface area contributed by atoms with Crippen molar-refractivity contribution in [1.82, 2.24) is 25.8 Å². The van der Waals surface area contributed by atoms with E-state index in [1.807, 2.05) is 26.8 Å². The lowest BCUT2D eigenvalue weighted by Crippen LogP contribution is -2.44. The van der Waals surface area contributed by atoms with Gasteiger partial charge in [-0.1, -0.05) is 0 Å². The zero-order chi connectivity index (χ0) is 20.1. The summed E-state index contributed by atoms with van der Waals surface area (Å²) in [5, 5.41) is 24.2. The summed E-state index contributed by atoms with van der Waals surface area (Å²) in [5.41, 5.74) is -0.344. The number of hydrogen-bond acceptors (Lipinski definition) is 6. The Bertz CT molecular complexity index is 924. The van der Waals surface area contributed by atoms with E-state index >= 15 is 0 Å². The van der Waals surface area contributed by atoms with Crippen LogP contribution in [0.1, 0.15) is 36.8 Å². The molecule has 0 amide bonds. The van der Waals surface area contributed by atoms with Gasteiger partial charge in [0.1, 0.15) is 29.5 Å². The van der Waals surface area contributed by atoms with Gasteiger partial charge in [0.2, 0.25) is 5.82 Å². The van der Waals surface area contributed by atoms with Crippen LogP contribution in [-0.4, -0.2) is 39.3 Å². The van der Waals surface area contributed by atoms with Crippen LogP contribution >= 0.6 is 0 Å². The lowest BCUT2D eigenvalue weighted by molar-refractivity contribution is 0.0601. The monoisotopic (exact) mass is 386 g/mol. The minimum Gasteiger partial charge on any atom is -0.466 e. The molecule has 9 heteroatoms. The highest BCUT2D eigenvalue weighted by Crippen LogP contribution is 2.26. The SMILES string of the molecule is CCNC(=NCc1nc(-c2ccco2)n[nH]1)NCC(C)(O)c1cc(C)oc1C. The molecule has 3 aromatic heterocycles. The molecule has 0 fully saturated rings. The number of aryl methyl sites for hydroxylation is 2. The van der Waals surface area contributed by atoms with Crippen molar-refractivity contribution in [2.24, 2.45) is 4.99 Å². The van der Waals surface area contributed by atoms with Crippen molar-refractivity contribution >= 4 is 5.96 Å². The van der Waals surface area contributed by atoms with E-state index in [0.717, 1.165) is 11.3 Å². The van der Waals surface area contributed by atoms with E-state index in [-0.39, 0.29) is 6.54 Å². The number of guanidine groups is 1. The molecule has 0 aromatic carbocycles. The largest absolute Gasteiger partial charge is 0.466 e. The van der Waals surface area contributed by atoms with Gasteiger partial charge in [0.15, 0.2) is 11.7 Å². The third kappa shape index (κ3) is 4.61. The zero-order valence-corrected chi connectivity index (χ0v) is 16.5.